The molecule has 37 heavy (non-hydrogen) atoms. The number of carbonyl (C=O) groups is 1. The van der Waals surface area contributed by atoms with Gasteiger partial charge in [0.05, 0.1) is 15.7 Å². The van der Waals surface area contributed by atoms with Gasteiger partial charge < -0.3 is 0 Å². The molecular formula is C28H22ClFO5S2. The van der Waals surface area contributed by atoms with Crippen molar-refractivity contribution in [2.45, 2.75) is 26.5 Å². The maximum atomic E-state index is 17.7. The summed E-state index contributed by atoms with van der Waals surface area (Å²) in [6, 6.07) is 26.5. The summed E-state index contributed by atoms with van der Waals surface area (Å²) in [4.78, 5) is 12.2. The molecule has 0 saturated carbocycles. The van der Waals surface area contributed by atoms with Crippen LogP contribution < -0.4 is 0 Å². The van der Waals surface area contributed by atoms with Crippen molar-refractivity contribution in [3.8, 4) is 0 Å². The zero-order valence-electron chi connectivity index (χ0n) is 19.4. The minimum absolute atomic E-state index is 0.0432. The standard InChI is InChI=1S/C28H22ClFO5S2/c29-23-14-10-13-22(19-23)26(20-27(31)21-11-4-1-5-12-21)28(30,36(32,33)24-15-6-2-7-16-24)37(34,35)25-17-8-3-9-18-25/h1-19,26H,20H2/t26-/m0/s1. The molecule has 0 radical (unpaired) electrons. The Hall–Kier alpha value is -3.33. The van der Waals surface area contributed by atoms with Crippen LogP contribution in [0.25, 0.3) is 0 Å². The highest BCUT2D eigenvalue weighted by Gasteiger charge is 2.63. The molecule has 0 bridgehead atoms. The summed E-state index contributed by atoms with van der Waals surface area (Å²) in [5.41, 5.74) is 0.143. The summed E-state index contributed by atoms with van der Waals surface area (Å²) < 4.78 is 69.7. The van der Waals surface area contributed by atoms with E-state index in [4.69, 9.17) is 11.6 Å². The Balaban J connectivity index is 2.03. The fraction of sp³-hybridized carbons (Fsp3) is 0.107. The Bertz CT molecular complexity index is 1540. The first-order valence-electron chi connectivity index (χ1n) is 11.2. The monoisotopic (exact) mass is 556 g/mol. The average Bonchev–Trinajstić information content (AvgIpc) is 2.92. The van der Waals surface area contributed by atoms with Gasteiger partial charge in [-0.1, -0.05) is 90.5 Å². The molecule has 0 spiro atoms. The van der Waals surface area contributed by atoms with Crippen molar-refractivity contribution >= 4 is 37.1 Å². The van der Waals surface area contributed by atoms with E-state index in [1.54, 1.807) is 18.2 Å². The number of sulfone groups is 2. The van der Waals surface area contributed by atoms with E-state index < -0.39 is 51.9 Å². The Kier molecular flexibility index (Phi) is 7.64. The zero-order valence-corrected chi connectivity index (χ0v) is 21.8. The number of hydrogen-bond acceptors (Lipinski definition) is 5. The fourth-order valence-electron chi connectivity index (χ4n) is 4.13. The van der Waals surface area contributed by atoms with Gasteiger partial charge in [0, 0.05) is 17.0 Å². The van der Waals surface area contributed by atoms with E-state index in [1.165, 1.54) is 72.8 Å². The van der Waals surface area contributed by atoms with E-state index >= 15 is 4.39 Å². The van der Waals surface area contributed by atoms with Crippen LogP contribution in [0.5, 0.6) is 0 Å². The topological polar surface area (TPSA) is 85.3 Å². The Morgan fingerprint density at radius 2 is 1.16 bits per heavy atom. The predicted molar refractivity (Wildman–Crippen MR) is 141 cm³/mol. The maximum absolute atomic E-state index is 17.7. The molecule has 0 heterocycles. The molecule has 4 rings (SSSR count). The van der Waals surface area contributed by atoms with E-state index in [1.807, 2.05) is 0 Å². The number of benzene rings is 4. The quantitative estimate of drug-likeness (QED) is 0.227. The minimum atomic E-state index is -5.24. The zero-order chi connectivity index (χ0) is 26.7. The van der Waals surface area contributed by atoms with Crippen LogP contribution in [0.2, 0.25) is 5.02 Å². The lowest BCUT2D eigenvalue weighted by molar-refractivity contribution is 0.0960. The van der Waals surface area contributed by atoms with Crippen molar-refractivity contribution in [1.29, 1.82) is 0 Å². The highest BCUT2D eigenvalue weighted by molar-refractivity contribution is 8.10. The largest absolute Gasteiger partial charge is 0.324 e. The Morgan fingerprint density at radius 3 is 1.62 bits per heavy atom. The lowest BCUT2D eigenvalue weighted by Gasteiger charge is -2.33. The number of hydrogen-bond donors (Lipinski definition) is 0. The first kappa shape index (κ1) is 26.7. The van der Waals surface area contributed by atoms with Gasteiger partial charge in [-0.3, -0.25) is 4.79 Å². The first-order chi connectivity index (χ1) is 17.6. The Morgan fingerprint density at radius 1 is 0.703 bits per heavy atom. The molecule has 0 aliphatic rings. The molecule has 4 aromatic rings. The van der Waals surface area contributed by atoms with Gasteiger partial charge in [-0.25, -0.2) is 21.2 Å². The summed E-state index contributed by atoms with van der Waals surface area (Å²) in [5.74, 6) is -2.58. The van der Waals surface area contributed by atoms with Gasteiger partial charge in [-0.05, 0) is 42.0 Å². The van der Waals surface area contributed by atoms with Crippen LogP contribution in [-0.4, -0.2) is 27.0 Å². The van der Waals surface area contributed by atoms with Crippen LogP contribution in [0.15, 0.2) is 125 Å². The second-order valence-corrected chi connectivity index (χ2v) is 13.2. The van der Waals surface area contributed by atoms with Gasteiger partial charge in [0.2, 0.25) is 19.7 Å². The van der Waals surface area contributed by atoms with Crippen LogP contribution in [0.1, 0.15) is 28.3 Å². The van der Waals surface area contributed by atoms with Crippen LogP contribution in [0.4, 0.5) is 4.39 Å². The molecular weight excluding hydrogens is 535 g/mol. The highest BCUT2D eigenvalue weighted by Crippen LogP contribution is 2.49. The van der Waals surface area contributed by atoms with Gasteiger partial charge in [-0.15, -0.1) is 0 Å². The van der Waals surface area contributed by atoms with Crippen molar-refractivity contribution in [1.82, 2.24) is 0 Å². The smallest absolute Gasteiger partial charge is 0.294 e. The van der Waals surface area contributed by atoms with E-state index in [-0.39, 0.29) is 16.1 Å². The van der Waals surface area contributed by atoms with Crippen LogP contribution in [0, 0.1) is 0 Å². The fourth-order valence-corrected chi connectivity index (χ4v) is 8.92. The lowest BCUT2D eigenvalue weighted by atomic mass is 9.92. The van der Waals surface area contributed by atoms with Gasteiger partial charge >= 0.3 is 4.33 Å². The predicted octanol–water partition coefficient (Wildman–Crippen LogP) is 6.27. The van der Waals surface area contributed by atoms with Gasteiger partial charge in [0.15, 0.2) is 5.78 Å². The molecule has 0 fully saturated rings. The molecule has 9 heteroatoms. The van der Waals surface area contributed by atoms with Crippen molar-refractivity contribution in [2.24, 2.45) is 0 Å². The minimum Gasteiger partial charge on any atom is -0.294 e. The van der Waals surface area contributed by atoms with Crippen LogP contribution in [0.3, 0.4) is 0 Å². The third kappa shape index (κ3) is 4.97. The van der Waals surface area contributed by atoms with Gasteiger partial charge in [0.25, 0.3) is 0 Å². The molecule has 0 aromatic heterocycles. The van der Waals surface area contributed by atoms with Crippen molar-refractivity contribution in [3.05, 3.63) is 131 Å². The maximum Gasteiger partial charge on any atom is 0.324 e. The third-order valence-corrected chi connectivity index (χ3v) is 11.4. The molecule has 0 N–H and O–H groups in total. The van der Waals surface area contributed by atoms with Crippen molar-refractivity contribution < 1.29 is 26.0 Å². The highest BCUT2D eigenvalue weighted by atomic mass is 35.5. The second-order valence-electron chi connectivity index (χ2n) is 8.32. The van der Waals surface area contributed by atoms with Crippen LogP contribution in [-0.2, 0) is 19.7 Å². The van der Waals surface area contributed by atoms with Gasteiger partial charge in [-0.2, -0.15) is 0 Å². The second kappa shape index (κ2) is 10.6. The normalized spacial score (nSPS) is 13.1. The average molecular weight is 557 g/mol. The summed E-state index contributed by atoms with van der Waals surface area (Å²) in [7, 11) is -10.5. The molecule has 1 atom stereocenters. The lowest BCUT2D eigenvalue weighted by Crippen LogP contribution is -2.48. The summed E-state index contributed by atoms with van der Waals surface area (Å²) in [6.07, 6.45) is -0.751. The molecule has 0 amide bonds. The van der Waals surface area contributed by atoms with E-state index in [0.717, 1.165) is 24.3 Å². The van der Waals surface area contributed by atoms with Crippen molar-refractivity contribution in [3.63, 3.8) is 0 Å². The van der Waals surface area contributed by atoms with E-state index in [2.05, 4.69) is 0 Å². The molecule has 5 nitrogen and oxygen atoms in total. The first-order valence-corrected chi connectivity index (χ1v) is 14.6. The summed E-state index contributed by atoms with van der Waals surface area (Å²) in [6.45, 7) is 0. The molecule has 4 aromatic carbocycles. The molecule has 0 saturated heterocycles. The van der Waals surface area contributed by atoms with Crippen LogP contribution >= 0.6 is 11.6 Å². The summed E-state index contributed by atoms with van der Waals surface area (Å²) >= 11 is 6.15. The van der Waals surface area contributed by atoms with E-state index in [0.29, 0.717) is 0 Å². The molecule has 0 aliphatic heterocycles. The third-order valence-electron chi connectivity index (χ3n) is 5.99. The Labute approximate surface area is 220 Å². The number of halogens is 2. The number of rotatable bonds is 9. The number of alkyl halides is 1. The van der Waals surface area contributed by atoms with Gasteiger partial charge in [0.1, 0.15) is 0 Å². The number of Topliss-reactive ketones (excluding diaryl/α,β-unsaturated/α-hetero) is 1. The van der Waals surface area contributed by atoms with E-state index in [9.17, 15) is 21.6 Å². The number of ketones is 1. The molecule has 0 unspecified atom stereocenters. The molecule has 190 valence electrons. The van der Waals surface area contributed by atoms with Crippen molar-refractivity contribution in [2.75, 3.05) is 0 Å². The number of carbonyl (C=O) groups excluding carboxylic acids is 1. The SMILES string of the molecule is O=C(C[C@@H](c1cccc(Cl)c1)C(F)(S(=O)(=O)c1ccccc1)S(=O)(=O)c1ccccc1)c1ccccc1. The molecule has 0 aliphatic carbocycles. The summed E-state index contributed by atoms with van der Waals surface area (Å²) in [5, 5.41) is 0.131.